The molecule has 8 nitrogen and oxygen atoms in total. The minimum Gasteiger partial charge on any atom is -0.497 e. The highest BCUT2D eigenvalue weighted by Crippen LogP contribution is 2.28. The van der Waals surface area contributed by atoms with E-state index in [9.17, 15) is 18.3 Å². The Labute approximate surface area is 228 Å². The molecular weight excluding hydrogens is 504 g/mol. The molecule has 1 amide bonds. The number of hydrogen-bond acceptors (Lipinski definition) is 6. The summed E-state index contributed by atoms with van der Waals surface area (Å²) in [5, 5.41) is 14.2. The van der Waals surface area contributed by atoms with Crippen molar-refractivity contribution in [3.8, 4) is 5.75 Å². The molecule has 2 rings (SSSR count). The molecule has 0 radical (unpaired) electrons. The van der Waals surface area contributed by atoms with Crippen molar-refractivity contribution in [3.63, 3.8) is 0 Å². The highest BCUT2D eigenvalue weighted by Gasteiger charge is 2.35. The molecular formula is C29H44N2O6S. The molecule has 0 aliphatic rings. The van der Waals surface area contributed by atoms with Crippen LogP contribution in [0.3, 0.4) is 0 Å². The van der Waals surface area contributed by atoms with Gasteiger partial charge in [0.15, 0.2) is 0 Å². The minimum absolute atomic E-state index is 0.109. The molecule has 0 heterocycles. The van der Waals surface area contributed by atoms with Crippen molar-refractivity contribution in [2.75, 3.05) is 20.2 Å². The number of ether oxygens (including phenoxy) is 2. The molecule has 9 heteroatoms. The van der Waals surface area contributed by atoms with Crippen LogP contribution in [0.15, 0.2) is 59.5 Å². The van der Waals surface area contributed by atoms with E-state index >= 15 is 0 Å². The number of carbonyl (C=O) groups excluding carboxylic acids is 1. The Hall–Kier alpha value is -2.62. The van der Waals surface area contributed by atoms with Gasteiger partial charge in [0, 0.05) is 13.1 Å². The van der Waals surface area contributed by atoms with Crippen LogP contribution in [-0.4, -0.2) is 61.9 Å². The first-order chi connectivity index (χ1) is 17.7. The third kappa shape index (κ3) is 9.93. The van der Waals surface area contributed by atoms with Crippen LogP contribution in [-0.2, 0) is 21.2 Å². The smallest absolute Gasteiger partial charge is 0.407 e. The van der Waals surface area contributed by atoms with E-state index in [-0.39, 0.29) is 23.4 Å². The van der Waals surface area contributed by atoms with Crippen molar-refractivity contribution in [2.24, 2.45) is 5.41 Å². The Kier molecular flexibility index (Phi) is 11.2. The lowest BCUT2D eigenvalue weighted by molar-refractivity contribution is 0.0392. The fraction of sp³-hybridized carbons (Fsp3) is 0.552. The highest BCUT2D eigenvalue weighted by molar-refractivity contribution is 7.89. The summed E-state index contributed by atoms with van der Waals surface area (Å²) in [5.74, 6) is 0.548. The number of benzene rings is 2. The lowest BCUT2D eigenvalue weighted by atomic mass is 9.88. The first kappa shape index (κ1) is 31.6. The highest BCUT2D eigenvalue weighted by atomic mass is 32.2. The molecule has 0 unspecified atom stereocenters. The van der Waals surface area contributed by atoms with Gasteiger partial charge < -0.3 is 19.9 Å². The molecule has 2 atom stereocenters. The molecule has 0 spiro atoms. The van der Waals surface area contributed by atoms with E-state index in [2.05, 4.69) is 12.2 Å². The second-order valence-corrected chi connectivity index (χ2v) is 13.3. The fourth-order valence-electron chi connectivity index (χ4n) is 4.32. The van der Waals surface area contributed by atoms with Crippen LogP contribution in [0.25, 0.3) is 0 Å². The van der Waals surface area contributed by atoms with Gasteiger partial charge in [0.05, 0.1) is 24.2 Å². The molecule has 38 heavy (non-hydrogen) atoms. The largest absolute Gasteiger partial charge is 0.497 e. The number of nitrogens with zero attached hydrogens (tertiary/aromatic N) is 1. The van der Waals surface area contributed by atoms with E-state index in [4.69, 9.17) is 9.47 Å². The van der Waals surface area contributed by atoms with Gasteiger partial charge >= 0.3 is 6.09 Å². The maximum atomic E-state index is 13.8. The SMILES string of the molecule is CCCC(C)(C)CN(C[C@@H](O)[C@H](Cc1ccccc1)NC(=O)OC(C)(C)C)S(=O)(=O)c1ccc(OC)cc1. The van der Waals surface area contributed by atoms with Crippen LogP contribution >= 0.6 is 0 Å². The molecule has 2 aromatic carbocycles. The Balaban J connectivity index is 2.40. The lowest BCUT2D eigenvalue weighted by Gasteiger charge is -2.35. The summed E-state index contributed by atoms with van der Waals surface area (Å²) >= 11 is 0. The number of hydrogen-bond donors (Lipinski definition) is 2. The maximum Gasteiger partial charge on any atom is 0.407 e. The van der Waals surface area contributed by atoms with Crippen molar-refractivity contribution in [2.45, 2.75) is 83.4 Å². The summed E-state index contributed by atoms with van der Waals surface area (Å²) in [5.41, 5.74) is -0.162. The van der Waals surface area contributed by atoms with E-state index in [1.54, 1.807) is 32.9 Å². The second kappa shape index (κ2) is 13.4. The van der Waals surface area contributed by atoms with Gasteiger partial charge in [-0.05, 0) is 68.9 Å². The third-order valence-corrected chi connectivity index (χ3v) is 7.91. The van der Waals surface area contributed by atoms with Gasteiger partial charge in [-0.1, -0.05) is 57.5 Å². The van der Waals surface area contributed by atoms with Crippen LogP contribution in [0.1, 0.15) is 59.9 Å². The number of carbonyl (C=O) groups is 1. The van der Waals surface area contributed by atoms with Gasteiger partial charge in [-0.15, -0.1) is 0 Å². The lowest BCUT2D eigenvalue weighted by Crippen LogP contribution is -2.52. The van der Waals surface area contributed by atoms with E-state index in [1.807, 2.05) is 44.2 Å². The number of alkyl carbamates (subject to hydrolysis) is 1. The van der Waals surface area contributed by atoms with Gasteiger partial charge in [-0.2, -0.15) is 4.31 Å². The fourth-order valence-corrected chi connectivity index (χ4v) is 5.97. The molecule has 0 aromatic heterocycles. The van der Waals surface area contributed by atoms with Crippen LogP contribution in [0.2, 0.25) is 0 Å². The summed E-state index contributed by atoms with van der Waals surface area (Å²) in [7, 11) is -2.44. The van der Waals surface area contributed by atoms with Crippen LogP contribution in [0, 0.1) is 5.41 Å². The van der Waals surface area contributed by atoms with E-state index in [0.717, 1.165) is 18.4 Å². The van der Waals surface area contributed by atoms with Crippen LogP contribution in [0.4, 0.5) is 4.79 Å². The van der Waals surface area contributed by atoms with Gasteiger partial charge in [-0.3, -0.25) is 0 Å². The molecule has 2 aromatic rings. The molecule has 0 fully saturated rings. The first-order valence-corrected chi connectivity index (χ1v) is 14.5. The van der Waals surface area contributed by atoms with Crippen molar-refractivity contribution in [3.05, 3.63) is 60.2 Å². The average Bonchev–Trinajstić information content (AvgIpc) is 2.82. The Morgan fingerprint density at radius 1 is 1.03 bits per heavy atom. The summed E-state index contributed by atoms with van der Waals surface area (Å²) in [6, 6.07) is 14.8. The number of aliphatic hydroxyl groups excluding tert-OH is 1. The number of sulfonamides is 1. The van der Waals surface area contributed by atoms with E-state index in [0.29, 0.717) is 12.2 Å². The Bertz CT molecular complexity index is 1110. The summed E-state index contributed by atoms with van der Waals surface area (Å²) in [4.78, 5) is 12.8. The minimum atomic E-state index is -3.96. The second-order valence-electron chi connectivity index (χ2n) is 11.4. The van der Waals surface area contributed by atoms with E-state index in [1.165, 1.54) is 23.5 Å². The topological polar surface area (TPSA) is 105 Å². The normalized spacial score (nSPS) is 14.1. The number of nitrogens with one attached hydrogen (secondary N) is 1. The molecule has 2 N–H and O–H groups in total. The van der Waals surface area contributed by atoms with E-state index < -0.39 is 33.9 Å². The van der Waals surface area contributed by atoms with Crippen molar-refractivity contribution in [1.29, 1.82) is 0 Å². The summed E-state index contributed by atoms with van der Waals surface area (Å²) in [6.45, 7) is 11.4. The van der Waals surface area contributed by atoms with Gasteiger partial charge in [0.2, 0.25) is 10.0 Å². The van der Waals surface area contributed by atoms with Gasteiger partial charge in [0.25, 0.3) is 0 Å². The quantitative estimate of drug-likeness (QED) is 0.365. The van der Waals surface area contributed by atoms with Gasteiger partial charge in [0.1, 0.15) is 11.4 Å². The standard InChI is InChI=1S/C29H44N2O6S/c1-8-18-29(5,6)21-31(38(34,35)24-16-14-23(36-7)15-17-24)20-26(32)25(19-22-12-10-9-11-13-22)30-27(33)37-28(2,3)4/h9-17,25-26,32H,8,18-21H2,1-7H3,(H,30,33)/t25-,26+/m0/s1. The predicted molar refractivity (Wildman–Crippen MR) is 150 cm³/mol. The van der Waals surface area contributed by atoms with Crippen LogP contribution in [0.5, 0.6) is 5.75 Å². The van der Waals surface area contributed by atoms with Gasteiger partial charge in [-0.25, -0.2) is 13.2 Å². The molecule has 212 valence electrons. The molecule has 0 saturated heterocycles. The predicted octanol–water partition coefficient (Wildman–Crippen LogP) is 5.01. The monoisotopic (exact) mass is 548 g/mol. The first-order valence-electron chi connectivity index (χ1n) is 13.0. The average molecular weight is 549 g/mol. The van der Waals surface area contributed by atoms with Crippen molar-refractivity contribution in [1.82, 2.24) is 9.62 Å². The Morgan fingerprint density at radius 3 is 2.16 bits per heavy atom. The molecule has 0 aliphatic carbocycles. The number of methoxy groups -OCH3 is 1. The zero-order valence-corrected chi connectivity index (χ0v) is 24.5. The zero-order chi connectivity index (χ0) is 28.6. The number of aliphatic hydroxyl groups is 1. The third-order valence-electron chi connectivity index (χ3n) is 6.08. The number of amides is 1. The summed E-state index contributed by atoms with van der Waals surface area (Å²) in [6.07, 6.45) is 0.127. The summed E-state index contributed by atoms with van der Waals surface area (Å²) < 4.78 is 39.5. The van der Waals surface area contributed by atoms with Crippen molar-refractivity contribution < 1.29 is 27.8 Å². The van der Waals surface area contributed by atoms with Crippen LogP contribution < -0.4 is 10.1 Å². The number of rotatable bonds is 13. The molecule has 0 saturated carbocycles. The zero-order valence-electron chi connectivity index (χ0n) is 23.7. The molecule has 0 bridgehead atoms. The molecule has 0 aliphatic heterocycles. The maximum absolute atomic E-state index is 13.8. The van der Waals surface area contributed by atoms with Crippen molar-refractivity contribution >= 4 is 16.1 Å². The Morgan fingerprint density at radius 2 is 1.63 bits per heavy atom.